The number of hydrogen-bond donors (Lipinski definition) is 2. The summed E-state index contributed by atoms with van der Waals surface area (Å²) in [6.07, 6.45) is -0.581. The fraction of sp³-hybridized carbons (Fsp3) is 0.714. The number of aliphatic carboxylic acids is 1. The number of carbonyl (C=O) groups excluding carboxylic acids is 1. The minimum atomic E-state index is -1.14. The van der Waals surface area contributed by atoms with Crippen molar-refractivity contribution in [2.45, 2.75) is 25.5 Å². The molecular weight excluding hydrogens is 162 g/mol. The Balaban J connectivity index is 2.77. The van der Waals surface area contributed by atoms with Crippen molar-refractivity contribution in [1.29, 1.82) is 0 Å². The third kappa shape index (κ3) is 1.40. The first kappa shape index (κ1) is 8.99. The monoisotopic (exact) mass is 173 g/mol. The molecule has 1 aliphatic rings. The van der Waals surface area contributed by atoms with Gasteiger partial charge in [-0.3, -0.25) is 4.79 Å². The molecular formula is C7H11NO4. The number of carbonyl (C=O) groups is 2. The second-order valence-corrected chi connectivity index (χ2v) is 2.85. The number of carboxylic acid groups (broad SMARTS) is 1. The number of aliphatic hydroxyl groups is 1. The van der Waals surface area contributed by atoms with E-state index in [2.05, 4.69) is 0 Å². The summed E-state index contributed by atoms with van der Waals surface area (Å²) in [6, 6.07) is -1.05. The van der Waals surface area contributed by atoms with Crippen LogP contribution in [0.4, 0.5) is 0 Å². The van der Waals surface area contributed by atoms with E-state index < -0.39 is 18.1 Å². The molecule has 2 atom stereocenters. The highest BCUT2D eigenvalue weighted by Crippen LogP contribution is 2.17. The van der Waals surface area contributed by atoms with Crippen molar-refractivity contribution in [2.24, 2.45) is 0 Å². The van der Waals surface area contributed by atoms with Gasteiger partial charge in [-0.25, -0.2) is 4.79 Å². The third-order valence-electron chi connectivity index (χ3n) is 2.02. The van der Waals surface area contributed by atoms with Crippen molar-refractivity contribution in [2.75, 3.05) is 6.54 Å². The fourth-order valence-electron chi connectivity index (χ4n) is 1.43. The van der Waals surface area contributed by atoms with E-state index >= 15 is 0 Å². The molecule has 2 N–H and O–H groups in total. The van der Waals surface area contributed by atoms with Gasteiger partial charge in [0.05, 0.1) is 6.10 Å². The van der Waals surface area contributed by atoms with Gasteiger partial charge in [0.2, 0.25) is 5.91 Å². The molecule has 5 nitrogen and oxygen atoms in total. The average Bonchev–Trinajstić information content (AvgIpc) is 2.30. The van der Waals surface area contributed by atoms with Crippen LogP contribution in [0.5, 0.6) is 0 Å². The normalized spacial score (nSPS) is 29.0. The fourth-order valence-corrected chi connectivity index (χ4v) is 1.43. The second kappa shape index (κ2) is 3.10. The van der Waals surface area contributed by atoms with E-state index in [0.29, 0.717) is 13.0 Å². The number of likely N-dealkylation sites (tertiary alicyclic amines) is 1. The highest BCUT2D eigenvalue weighted by atomic mass is 16.4. The molecule has 1 unspecified atom stereocenters. The topological polar surface area (TPSA) is 77.8 Å². The van der Waals surface area contributed by atoms with Crippen molar-refractivity contribution in [3.63, 3.8) is 0 Å². The van der Waals surface area contributed by atoms with E-state index in [9.17, 15) is 14.7 Å². The van der Waals surface area contributed by atoms with Crippen molar-refractivity contribution >= 4 is 11.9 Å². The van der Waals surface area contributed by atoms with Crippen molar-refractivity contribution in [1.82, 2.24) is 4.90 Å². The Bertz CT molecular complexity index is 215. The van der Waals surface area contributed by atoms with Gasteiger partial charge in [-0.2, -0.15) is 0 Å². The molecule has 0 bridgehead atoms. The maximum atomic E-state index is 10.9. The smallest absolute Gasteiger partial charge is 0.329 e. The summed E-state index contributed by atoms with van der Waals surface area (Å²) in [5.74, 6) is -1.45. The van der Waals surface area contributed by atoms with Gasteiger partial charge >= 0.3 is 5.97 Å². The molecule has 0 radical (unpaired) electrons. The number of rotatable bonds is 1. The number of carboxylic acids is 1. The van der Waals surface area contributed by atoms with Gasteiger partial charge in [0.15, 0.2) is 6.04 Å². The van der Waals surface area contributed by atoms with Crippen molar-refractivity contribution < 1.29 is 19.8 Å². The van der Waals surface area contributed by atoms with Gasteiger partial charge in [0, 0.05) is 13.5 Å². The summed E-state index contributed by atoms with van der Waals surface area (Å²) < 4.78 is 0. The quantitative estimate of drug-likeness (QED) is 0.536. The maximum absolute atomic E-state index is 10.9. The van der Waals surface area contributed by atoms with Crippen LogP contribution in [0.3, 0.4) is 0 Å². The van der Waals surface area contributed by atoms with Gasteiger partial charge in [-0.1, -0.05) is 0 Å². The van der Waals surface area contributed by atoms with Crippen LogP contribution in [0, 0.1) is 0 Å². The lowest BCUT2D eigenvalue weighted by molar-refractivity contribution is -0.150. The van der Waals surface area contributed by atoms with E-state index in [0.717, 1.165) is 0 Å². The van der Waals surface area contributed by atoms with E-state index in [1.54, 1.807) is 0 Å². The summed E-state index contributed by atoms with van der Waals surface area (Å²) in [4.78, 5) is 22.6. The van der Waals surface area contributed by atoms with Crippen LogP contribution in [0.2, 0.25) is 0 Å². The molecule has 1 saturated heterocycles. The minimum absolute atomic E-state index is 0.307. The molecule has 1 aliphatic heterocycles. The molecule has 0 aromatic carbocycles. The van der Waals surface area contributed by atoms with E-state index in [1.807, 2.05) is 0 Å². The lowest BCUT2D eigenvalue weighted by atomic mass is 10.2. The summed E-state index contributed by atoms with van der Waals surface area (Å²) in [6.45, 7) is 1.63. The molecule has 0 saturated carbocycles. The lowest BCUT2D eigenvalue weighted by Crippen LogP contribution is -2.44. The highest BCUT2D eigenvalue weighted by Gasteiger charge is 2.39. The molecule has 0 aliphatic carbocycles. The lowest BCUT2D eigenvalue weighted by Gasteiger charge is -2.20. The van der Waals surface area contributed by atoms with E-state index in [-0.39, 0.29) is 5.91 Å². The van der Waals surface area contributed by atoms with E-state index in [4.69, 9.17) is 5.11 Å². The van der Waals surface area contributed by atoms with Crippen LogP contribution in [-0.2, 0) is 9.59 Å². The standard InChI is InChI=1S/C7H11NO4/c1-4(9)8-3-2-5(10)6(8)7(11)12/h5-6,10H,2-3H2,1H3,(H,11,12)/t5?,6-/m1/s1. The molecule has 1 amide bonds. The Morgan fingerprint density at radius 3 is 2.42 bits per heavy atom. The molecule has 1 heterocycles. The van der Waals surface area contributed by atoms with Crippen LogP contribution < -0.4 is 0 Å². The first-order valence-electron chi connectivity index (χ1n) is 3.72. The average molecular weight is 173 g/mol. The largest absolute Gasteiger partial charge is 0.480 e. The molecule has 0 aromatic rings. The summed E-state index contributed by atoms with van der Waals surface area (Å²) >= 11 is 0. The molecule has 68 valence electrons. The predicted molar refractivity (Wildman–Crippen MR) is 39.4 cm³/mol. The van der Waals surface area contributed by atoms with Crippen LogP contribution in [0.25, 0.3) is 0 Å². The maximum Gasteiger partial charge on any atom is 0.329 e. The number of amides is 1. The zero-order valence-corrected chi connectivity index (χ0v) is 6.73. The highest BCUT2D eigenvalue weighted by molar-refractivity contribution is 5.83. The van der Waals surface area contributed by atoms with Crippen LogP contribution in [0.15, 0.2) is 0 Å². The Morgan fingerprint density at radius 2 is 2.08 bits per heavy atom. The van der Waals surface area contributed by atoms with Gasteiger partial charge in [-0.15, -0.1) is 0 Å². The second-order valence-electron chi connectivity index (χ2n) is 2.85. The summed E-state index contributed by atoms with van der Waals surface area (Å²) in [7, 11) is 0. The third-order valence-corrected chi connectivity index (χ3v) is 2.02. The Labute approximate surface area is 69.6 Å². The van der Waals surface area contributed by atoms with Gasteiger partial charge < -0.3 is 15.1 Å². The Kier molecular flexibility index (Phi) is 2.32. The molecule has 1 fully saturated rings. The molecule has 1 rings (SSSR count). The van der Waals surface area contributed by atoms with Gasteiger partial charge in [0.1, 0.15) is 0 Å². The summed E-state index contributed by atoms with van der Waals surface area (Å²) in [5.41, 5.74) is 0. The Hall–Kier alpha value is -1.10. The van der Waals surface area contributed by atoms with Crippen LogP contribution in [0.1, 0.15) is 13.3 Å². The first-order chi connectivity index (χ1) is 5.54. The zero-order valence-electron chi connectivity index (χ0n) is 6.73. The summed E-state index contributed by atoms with van der Waals surface area (Å²) in [5, 5.41) is 17.9. The van der Waals surface area contributed by atoms with Crippen LogP contribution in [-0.4, -0.2) is 45.7 Å². The number of hydrogen-bond acceptors (Lipinski definition) is 3. The predicted octanol–water partition coefficient (Wildman–Crippen LogP) is -0.947. The number of nitrogens with zero attached hydrogens (tertiary/aromatic N) is 1. The number of aliphatic hydroxyl groups excluding tert-OH is 1. The molecule has 5 heteroatoms. The first-order valence-corrected chi connectivity index (χ1v) is 3.72. The Morgan fingerprint density at radius 1 is 1.50 bits per heavy atom. The zero-order chi connectivity index (χ0) is 9.30. The van der Waals surface area contributed by atoms with Gasteiger partial charge in [0.25, 0.3) is 0 Å². The van der Waals surface area contributed by atoms with Crippen molar-refractivity contribution in [3.8, 4) is 0 Å². The SMILES string of the molecule is CC(=O)N1CCC(O)[C@@H]1C(=O)O. The van der Waals surface area contributed by atoms with Crippen molar-refractivity contribution in [3.05, 3.63) is 0 Å². The van der Waals surface area contributed by atoms with Gasteiger partial charge in [-0.05, 0) is 6.42 Å². The van der Waals surface area contributed by atoms with E-state index in [1.165, 1.54) is 11.8 Å². The van der Waals surface area contributed by atoms with Crippen LogP contribution >= 0.6 is 0 Å². The minimum Gasteiger partial charge on any atom is -0.480 e. The molecule has 0 aromatic heterocycles. The molecule has 12 heavy (non-hydrogen) atoms. The molecule has 0 spiro atoms.